The van der Waals surface area contributed by atoms with Crippen LogP contribution in [0.15, 0.2) is 54.7 Å². The number of ketones is 1. The fraction of sp³-hybridized carbons (Fsp3) is 0.158. The normalized spacial score (nSPS) is 10.7. The molecule has 0 amide bonds. The maximum Gasteiger partial charge on any atom is 0.340 e. The van der Waals surface area contributed by atoms with Crippen LogP contribution in [0, 0.1) is 6.92 Å². The predicted molar refractivity (Wildman–Crippen MR) is 88.0 cm³/mol. The molecule has 0 saturated heterocycles. The second kappa shape index (κ2) is 6.08. The van der Waals surface area contributed by atoms with Gasteiger partial charge in [0.25, 0.3) is 0 Å². The van der Waals surface area contributed by atoms with E-state index in [0.29, 0.717) is 16.8 Å². The third-order valence-corrected chi connectivity index (χ3v) is 3.70. The van der Waals surface area contributed by atoms with Crippen LogP contribution in [0.2, 0.25) is 0 Å². The highest BCUT2D eigenvalue weighted by atomic mass is 16.5. The number of ether oxygens (including phenoxy) is 1. The van der Waals surface area contributed by atoms with E-state index in [4.69, 9.17) is 4.74 Å². The Bertz CT molecular complexity index is 875. The second-order valence-electron chi connectivity index (χ2n) is 5.32. The van der Waals surface area contributed by atoms with Crippen LogP contribution in [0.4, 0.5) is 0 Å². The van der Waals surface area contributed by atoms with Crippen LogP contribution in [0.3, 0.4) is 0 Å². The van der Waals surface area contributed by atoms with E-state index < -0.39 is 5.97 Å². The van der Waals surface area contributed by atoms with Gasteiger partial charge in [-0.3, -0.25) is 4.79 Å². The van der Waals surface area contributed by atoms with Crippen molar-refractivity contribution >= 4 is 17.3 Å². The van der Waals surface area contributed by atoms with Crippen LogP contribution < -0.4 is 0 Å². The molecule has 2 heterocycles. The minimum Gasteiger partial charge on any atom is -0.462 e. The zero-order chi connectivity index (χ0) is 16.4. The van der Waals surface area contributed by atoms with E-state index in [0.717, 1.165) is 11.1 Å². The first-order valence-corrected chi connectivity index (χ1v) is 7.50. The molecule has 23 heavy (non-hydrogen) atoms. The summed E-state index contributed by atoms with van der Waals surface area (Å²) >= 11 is 0. The summed E-state index contributed by atoms with van der Waals surface area (Å²) in [6.45, 7) is 3.98. The number of esters is 1. The molecular weight excluding hydrogens is 290 g/mol. The topological polar surface area (TPSA) is 47.8 Å². The summed E-state index contributed by atoms with van der Waals surface area (Å²) in [5.41, 5.74) is 3.04. The number of hydrogen-bond acceptors (Lipinski definition) is 3. The van der Waals surface area contributed by atoms with Gasteiger partial charge in [-0.25, -0.2) is 4.79 Å². The zero-order valence-corrected chi connectivity index (χ0v) is 13.1. The average Bonchev–Trinajstić information content (AvgIpc) is 2.94. The Balaban J connectivity index is 2.17. The van der Waals surface area contributed by atoms with Crippen molar-refractivity contribution in [3.63, 3.8) is 0 Å². The standard InChI is InChI=1S/C19H17NO3/c1-3-23-19(22)16-12-15-6-4-5-11-20(15)17(16)18(21)14-9-7-13(2)8-10-14/h4-12H,3H2,1-2H3. The van der Waals surface area contributed by atoms with Crippen LogP contribution in [-0.4, -0.2) is 22.8 Å². The van der Waals surface area contributed by atoms with Crippen molar-refractivity contribution in [2.45, 2.75) is 13.8 Å². The Morgan fingerprint density at radius 3 is 2.52 bits per heavy atom. The molecule has 0 fully saturated rings. The monoisotopic (exact) mass is 307 g/mol. The van der Waals surface area contributed by atoms with Crippen LogP contribution in [-0.2, 0) is 4.74 Å². The summed E-state index contributed by atoms with van der Waals surface area (Å²) in [4.78, 5) is 25.2. The average molecular weight is 307 g/mol. The van der Waals surface area contributed by atoms with Gasteiger partial charge in [-0.1, -0.05) is 35.9 Å². The lowest BCUT2D eigenvalue weighted by molar-refractivity contribution is 0.0523. The maximum atomic E-state index is 12.9. The first-order chi connectivity index (χ1) is 11.1. The Kier molecular flexibility index (Phi) is 3.98. The lowest BCUT2D eigenvalue weighted by atomic mass is 10.0. The largest absolute Gasteiger partial charge is 0.462 e. The number of rotatable bonds is 4. The maximum absolute atomic E-state index is 12.9. The summed E-state index contributed by atoms with van der Waals surface area (Å²) in [7, 11) is 0. The molecule has 0 bridgehead atoms. The number of carbonyl (C=O) groups excluding carboxylic acids is 2. The second-order valence-corrected chi connectivity index (χ2v) is 5.32. The molecule has 3 rings (SSSR count). The van der Waals surface area contributed by atoms with E-state index in [1.807, 2.05) is 37.3 Å². The van der Waals surface area contributed by atoms with Crippen LogP contribution in [0.5, 0.6) is 0 Å². The van der Waals surface area contributed by atoms with Crippen LogP contribution >= 0.6 is 0 Å². The molecule has 3 aromatic rings. The first-order valence-electron chi connectivity index (χ1n) is 7.50. The van der Waals surface area contributed by atoms with Gasteiger partial charge in [0.15, 0.2) is 0 Å². The van der Waals surface area contributed by atoms with Gasteiger partial charge in [0.05, 0.1) is 12.2 Å². The van der Waals surface area contributed by atoms with Crippen LogP contribution in [0.1, 0.15) is 38.9 Å². The molecule has 0 aliphatic carbocycles. The number of aromatic nitrogens is 1. The first kappa shape index (κ1) is 15.0. The number of aryl methyl sites for hydroxylation is 1. The third-order valence-electron chi connectivity index (χ3n) is 3.70. The molecule has 0 aliphatic rings. The van der Waals surface area contributed by atoms with E-state index >= 15 is 0 Å². The van der Waals surface area contributed by atoms with Gasteiger partial charge in [-0.05, 0) is 32.0 Å². The minimum absolute atomic E-state index is 0.195. The Labute approximate surface area is 134 Å². The Morgan fingerprint density at radius 1 is 1.09 bits per heavy atom. The predicted octanol–water partition coefficient (Wildman–Crippen LogP) is 3.66. The molecule has 2 aromatic heterocycles. The molecule has 1 aromatic carbocycles. The summed E-state index contributed by atoms with van der Waals surface area (Å²) in [5, 5.41) is 0. The molecule has 4 nitrogen and oxygen atoms in total. The summed E-state index contributed by atoms with van der Waals surface area (Å²) < 4.78 is 6.83. The van der Waals surface area contributed by atoms with Crippen molar-refractivity contribution in [3.05, 3.63) is 77.1 Å². The SMILES string of the molecule is CCOC(=O)c1cc2ccccn2c1C(=O)c1ccc(C)cc1. The number of hydrogen-bond donors (Lipinski definition) is 0. The van der Waals surface area contributed by atoms with E-state index in [1.165, 1.54) is 0 Å². The molecular formula is C19H17NO3. The Morgan fingerprint density at radius 2 is 1.83 bits per heavy atom. The van der Waals surface area contributed by atoms with Gasteiger partial charge in [-0.15, -0.1) is 0 Å². The van der Waals surface area contributed by atoms with Gasteiger partial charge in [0.2, 0.25) is 5.78 Å². The smallest absolute Gasteiger partial charge is 0.340 e. The Hall–Kier alpha value is -2.88. The minimum atomic E-state index is -0.480. The van der Waals surface area contributed by atoms with E-state index in [1.54, 1.807) is 35.7 Å². The molecule has 0 radical (unpaired) electrons. The highest BCUT2D eigenvalue weighted by Gasteiger charge is 2.24. The van der Waals surface area contributed by atoms with E-state index in [-0.39, 0.29) is 12.4 Å². The van der Waals surface area contributed by atoms with Gasteiger partial charge in [0.1, 0.15) is 5.69 Å². The number of benzene rings is 1. The van der Waals surface area contributed by atoms with Gasteiger partial charge >= 0.3 is 5.97 Å². The van der Waals surface area contributed by atoms with Crippen molar-refractivity contribution in [1.29, 1.82) is 0 Å². The molecule has 0 spiro atoms. The van der Waals surface area contributed by atoms with E-state index in [9.17, 15) is 9.59 Å². The van der Waals surface area contributed by atoms with Crippen molar-refractivity contribution in [2.75, 3.05) is 6.61 Å². The van der Waals surface area contributed by atoms with Crippen molar-refractivity contribution in [2.24, 2.45) is 0 Å². The van der Waals surface area contributed by atoms with Gasteiger partial charge in [-0.2, -0.15) is 0 Å². The molecule has 4 heteroatoms. The summed E-state index contributed by atoms with van der Waals surface area (Å²) in [6, 6.07) is 14.6. The summed E-state index contributed by atoms with van der Waals surface area (Å²) in [6.07, 6.45) is 1.78. The van der Waals surface area contributed by atoms with Crippen molar-refractivity contribution in [1.82, 2.24) is 4.40 Å². The number of carbonyl (C=O) groups is 2. The number of pyridine rings is 1. The fourth-order valence-electron chi connectivity index (χ4n) is 2.56. The highest BCUT2D eigenvalue weighted by molar-refractivity contribution is 6.14. The quantitative estimate of drug-likeness (QED) is 0.546. The van der Waals surface area contributed by atoms with Crippen LogP contribution in [0.25, 0.3) is 5.52 Å². The van der Waals surface area contributed by atoms with Gasteiger partial charge in [0, 0.05) is 17.3 Å². The van der Waals surface area contributed by atoms with E-state index in [2.05, 4.69) is 0 Å². The lowest BCUT2D eigenvalue weighted by Gasteiger charge is -2.06. The third kappa shape index (κ3) is 2.75. The fourth-order valence-corrected chi connectivity index (χ4v) is 2.56. The highest BCUT2D eigenvalue weighted by Crippen LogP contribution is 2.21. The van der Waals surface area contributed by atoms with Gasteiger partial charge < -0.3 is 9.14 Å². The molecule has 0 N–H and O–H groups in total. The van der Waals surface area contributed by atoms with Crippen molar-refractivity contribution in [3.8, 4) is 0 Å². The molecule has 0 atom stereocenters. The molecule has 0 saturated carbocycles. The zero-order valence-electron chi connectivity index (χ0n) is 13.1. The molecule has 116 valence electrons. The molecule has 0 aliphatic heterocycles. The summed E-state index contributed by atoms with van der Waals surface area (Å²) in [5.74, 6) is -0.675. The number of nitrogens with zero attached hydrogens (tertiary/aromatic N) is 1. The lowest BCUT2D eigenvalue weighted by Crippen LogP contribution is -2.13. The molecule has 0 unspecified atom stereocenters. The van der Waals surface area contributed by atoms with Crippen molar-refractivity contribution < 1.29 is 14.3 Å². The number of fused-ring (bicyclic) bond motifs is 1.